The average Bonchev–Trinajstić information content (AvgIpc) is 2.41. The third-order valence-electron chi connectivity index (χ3n) is 2.97. The van der Waals surface area contributed by atoms with Crippen LogP contribution in [-0.4, -0.2) is 12.2 Å². The van der Waals surface area contributed by atoms with Crippen LogP contribution in [0, 0.1) is 13.8 Å². The largest absolute Gasteiger partial charge is 0.322 e. The Morgan fingerprint density at radius 1 is 1.11 bits per heavy atom. The SMILES string of the molecule is CSc1cccc(NC(=O)c2cc(C)ccc2C)c1. The summed E-state index contributed by atoms with van der Waals surface area (Å²) in [5.41, 5.74) is 3.64. The van der Waals surface area contributed by atoms with E-state index < -0.39 is 0 Å². The van der Waals surface area contributed by atoms with Crippen LogP contribution in [0.3, 0.4) is 0 Å². The highest BCUT2D eigenvalue weighted by Crippen LogP contribution is 2.20. The van der Waals surface area contributed by atoms with Gasteiger partial charge in [0, 0.05) is 16.1 Å². The van der Waals surface area contributed by atoms with Crippen molar-refractivity contribution >= 4 is 23.4 Å². The molecule has 0 aliphatic heterocycles. The van der Waals surface area contributed by atoms with Gasteiger partial charge in [0.2, 0.25) is 0 Å². The molecule has 0 heterocycles. The van der Waals surface area contributed by atoms with Gasteiger partial charge in [0.15, 0.2) is 0 Å². The van der Waals surface area contributed by atoms with Crippen molar-refractivity contribution in [1.82, 2.24) is 0 Å². The fourth-order valence-corrected chi connectivity index (χ4v) is 2.34. The first kappa shape index (κ1) is 13.7. The van der Waals surface area contributed by atoms with Crippen LogP contribution in [0.5, 0.6) is 0 Å². The molecule has 0 aromatic heterocycles. The maximum absolute atomic E-state index is 12.3. The summed E-state index contributed by atoms with van der Waals surface area (Å²) in [5.74, 6) is -0.0561. The van der Waals surface area contributed by atoms with Gasteiger partial charge in [-0.1, -0.05) is 23.8 Å². The lowest BCUT2D eigenvalue weighted by Gasteiger charge is -2.09. The van der Waals surface area contributed by atoms with Crippen LogP contribution in [0.2, 0.25) is 0 Å². The van der Waals surface area contributed by atoms with Crippen molar-refractivity contribution in [2.45, 2.75) is 18.7 Å². The van der Waals surface area contributed by atoms with Gasteiger partial charge in [0.25, 0.3) is 5.91 Å². The lowest BCUT2D eigenvalue weighted by molar-refractivity contribution is 0.102. The summed E-state index contributed by atoms with van der Waals surface area (Å²) in [6.07, 6.45) is 2.02. The summed E-state index contributed by atoms with van der Waals surface area (Å²) in [6, 6.07) is 13.8. The van der Waals surface area contributed by atoms with Crippen LogP contribution in [-0.2, 0) is 0 Å². The van der Waals surface area contributed by atoms with Gasteiger partial charge in [0.1, 0.15) is 0 Å². The summed E-state index contributed by atoms with van der Waals surface area (Å²) in [6.45, 7) is 3.94. The molecule has 0 aliphatic rings. The summed E-state index contributed by atoms with van der Waals surface area (Å²) in [7, 11) is 0. The number of benzene rings is 2. The molecule has 2 rings (SSSR count). The van der Waals surface area contributed by atoms with E-state index in [-0.39, 0.29) is 5.91 Å². The molecular weight excluding hydrogens is 254 g/mol. The first-order valence-electron chi connectivity index (χ1n) is 6.13. The lowest BCUT2D eigenvalue weighted by Crippen LogP contribution is -2.13. The van der Waals surface area contributed by atoms with Gasteiger partial charge in [-0.15, -0.1) is 11.8 Å². The number of anilines is 1. The smallest absolute Gasteiger partial charge is 0.255 e. The predicted molar refractivity (Wildman–Crippen MR) is 82.1 cm³/mol. The van der Waals surface area contributed by atoms with Crippen molar-refractivity contribution in [3.8, 4) is 0 Å². The van der Waals surface area contributed by atoms with Gasteiger partial charge in [-0.25, -0.2) is 0 Å². The Balaban J connectivity index is 2.23. The summed E-state index contributed by atoms with van der Waals surface area (Å²) < 4.78 is 0. The molecule has 19 heavy (non-hydrogen) atoms. The highest BCUT2D eigenvalue weighted by Gasteiger charge is 2.09. The highest BCUT2D eigenvalue weighted by atomic mass is 32.2. The van der Waals surface area contributed by atoms with Crippen LogP contribution in [0.15, 0.2) is 47.4 Å². The minimum atomic E-state index is -0.0561. The molecule has 0 radical (unpaired) electrons. The van der Waals surface area contributed by atoms with Crippen molar-refractivity contribution in [2.75, 3.05) is 11.6 Å². The molecule has 0 bridgehead atoms. The topological polar surface area (TPSA) is 29.1 Å². The Hall–Kier alpha value is -1.74. The molecule has 1 N–H and O–H groups in total. The Morgan fingerprint density at radius 2 is 1.89 bits per heavy atom. The second-order valence-corrected chi connectivity index (χ2v) is 5.38. The number of carbonyl (C=O) groups excluding carboxylic acids is 1. The van der Waals surface area contributed by atoms with Gasteiger partial charge in [-0.05, 0) is 49.9 Å². The molecule has 0 fully saturated rings. The Morgan fingerprint density at radius 3 is 2.63 bits per heavy atom. The summed E-state index contributed by atoms with van der Waals surface area (Å²) in [5, 5.41) is 2.95. The van der Waals surface area contributed by atoms with Gasteiger partial charge < -0.3 is 5.32 Å². The van der Waals surface area contributed by atoms with Crippen LogP contribution < -0.4 is 5.32 Å². The number of thioether (sulfide) groups is 1. The molecule has 0 saturated carbocycles. The van der Waals surface area contributed by atoms with Gasteiger partial charge in [-0.3, -0.25) is 4.79 Å². The fourth-order valence-electron chi connectivity index (χ4n) is 1.88. The van der Waals surface area contributed by atoms with Crippen molar-refractivity contribution < 1.29 is 4.79 Å². The quantitative estimate of drug-likeness (QED) is 0.844. The second kappa shape index (κ2) is 5.93. The van der Waals surface area contributed by atoms with Crippen molar-refractivity contribution in [2.24, 2.45) is 0 Å². The molecule has 2 aromatic carbocycles. The molecule has 2 nitrogen and oxygen atoms in total. The van der Waals surface area contributed by atoms with E-state index >= 15 is 0 Å². The lowest BCUT2D eigenvalue weighted by atomic mass is 10.1. The zero-order valence-electron chi connectivity index (χ0n) is 11.4. The van der Waals surface area contributed by atoms with E-state index in [2.05, 4.69) is 5.32 Å². The summed E-state index contributed by atoms with van der Waals surface area (Å²) >= 11 is 1.66. The van der Waals surface area contributed by atoms with Crippen LogP contribution in [0.4, 0.5) is 5.69 Å². The van der Waals surface area contributed by atoms with Crippen molar-refractivity contribution in [1.29, 1.82) is 0 Å². The van der Waals surface area contributed by atoms with Crippen molar-refractivity contribution in [3.05, 3.63) is 59.2 Å². The van der Waals surface area contributed by atoms with Crippen LogP contribution in [0.1, 0.15) is 21.5 Å². The predicted octanol–water partition coefficient (Wildman–Crippen LogP) is 4.28. The molecule has 2 aromatic rings. The molecular formula is C16H17NOS. The number of nitrogens with one attached hydrogen (secondary N) is 1. The van der Waals surface area contributed by atoms with Crippen LogP contribution >= 0.6 is 11.8 Å². The van der Waals surface area contributed by atoms with E-state index in [0.717, 1.165) is 27.3 Å². The van der Waals surface area contributed by atoms with E-state index in [4.69, 9.17) is 0 Å². The standard InChI is InChI=1S/C16H17NOS/c1-11-7-8-12(2)15(9-11)16(18)17-13-5-4-6-14(10-13)19-3/h4-10H,1-3H3,(H,17,18). The zero-order chi connectivity index (χ0) is 13.8. The average molecular weight is 271 g/mol. The number of aryl methyl sites for hydroxylation is 2. The van der Waals surface area contributed by atoms with E-state index in [0.29, 0.717) is 0 Å². The Kier molecular flexibility index (Phi) is 4.27. The monoisotopic (exact) mass is 271 g/mol. The number of amides is 1. The third kappa shape index (κ3) is 3.38. The number of hydrogen-bond acceptors (Lipinski definition) is 2. The van der Waals surface area contributed by atoms with Crippen LogP contribution in [0.25, 0.3) is 0 Å². The van der Waals surface area contributed by atoms with E-state index in [1.54, 1.807) is 11.8 Å². The minimum absolute atomic E-state index is 0.0561. The summed E-state index contributed by atoms with van der Waals surface area (Å²) in [4.78, 5) is 13.4. The first-order chi connectivity index (χ1) is 9.10. The second-order valence-electron chi connectivity index (χ2n) is 4.50. The Bertz CT molecular complexity index is 607. The number of hydrogen-bond donors (Lipinski definition) is 1. The number of carbonyl (C=O) groups is 1. The molecule has 0 aliphatic carbocycles. The molecule has 0 spiro atoms. The van der Waals surface area contributed by atoms with Gasteiger partial charge in [0.05, 0.1) is 0 Å². The fraction of sp³-hybridized carbons (Fsp3) is 0.188. The molecule has 0 saturated heterocycles. The first-order valence-corrected chi connectivity index (χ1v) is 7.35. The zero-order valence-corrected chi connectivity index (χ0v) is 12.2. The molecule has 0 unspecified atom stereocenters. The Labute approximate surface area is 118 Å². The van der Waals surface area contributed by atoms with E-state index in [9.17, 15) is 4.79 Å². The third-order valence-corrected chi connectivity index (χ3v) is 3.69. The highest BCUT2D eigenvalue weighted by molar-refractivity contribution is 7.98. The molecule has 98 valence electrons. The van der Waals surface area contributed by atoms with Gasteiger partial charge in [-0.2, -0.15) is 0 Å². The van der Waals surface area contributed by atoms with Crippen molar-refractivity contribution in [3.63, 3.8) is 0 Å². The minimum Gasteiger partial charge on any atom is -0.322 e. The molecule has 1 amide bonds. The molecule has 3 heteroatoms. The van der Waals surface area contributed by atoms with E-state index in [1.807, 2.05) is 62.6 Å². The van der Waals surface area contributed by atoms with Gasteiger partial charge >= 0.3 is 0 Å². The van der Waals surface area contributed by atoms with E-state index in [1.165, 1.54) is 0 Å². The maximum atomic E-state index is 12.3. The molecule has 0 atom stereocenters. The number of rotatable bonds is 3. The maximum Gasteiger partial charge on any atom is 0.255 e. The normalized spacial score (nSPS) is 10.3.